The van der Waals surface area contributed by atoms with Crippen molar-refractivity contribution in [2.75, 3.05) is 33.5 Å². The highest BCUT2D eigenvalue weighted by atomic mass is 16.5. The fourth-order valence-corrected chi connectivity index (χ4v) is 2.58. The second-order valence-electron chi connectivity index (χ2n) is 6.26. The molecule has 5 nitrogen and oxygen atoms in total. The number of fused-ring (bicyclic) bond motifs is 1. The quantitative estimate of drug-likeness (QED) is 0.803. The lowest BCUT2D eigenvalue weighted by atomic mass is 9.95. The summed E-state index contributed by atoms with van der Waals surface area (Å²) in [5.41, 5.74) is 2.64. The Balaban J connectivity index is 2.10. The molecule has 1 N–H and O–H groups in total. The fraction of sp³-hybridized carbons (Fsp3) is 0.800. The molecule has 0 unspecified atom stereocenters. The second-order valence-corrected chi connectivity index (χ2v) is 6.26. The van der Waals surface area contributed by atoms with Gasteiger partial charge in [0.2, 0.25) is 0 Å². The zero-order chi connectivity index (χ0) is 14.6. The standard InChI is InChI=1S/C15H27N3O2/c1-15(2,3)14-17-12-11-16-6-5-13(12)18(14)7-8-20-10-9-19-4/h16H,5-11H2,1-4H3. The van der Waals surface area contributed by atoms with Crippen molar-refractivity contribution in [1.29, 1.82) is 0 Å². The van der Waals surface area contributed by atoms with E-state index in [1.54, 1.807) is 7.11 Å². The number of hydrogen-bond acceptors (Lipinski definition) is 4. The Morgan fingerprint density at radius 1 is 1.25 bits per heavy atom. The first-order valence-corrected chi connectivity index (χ1v) is 7.40. The van der Waals surface area contributed by atoms with Gasteiger partial charge in [0.05, 0.1) is 25.5 Å². The number of ether oxygens (including phenoxy) is 2. The molecule has 0 radical (unpaired) electrons. The van der Waals surface area contributed by atoms with Gasteiger partial charge in [-0.15, -0.1) is 0 Å². The maximum absolute atomic E-state index is 5.62. The normalized spacial score (nSPS) is 15.4. The van der Waals surface area contributed by atoms with Gasteiger partial charge in [-0.1, -0.05) is 20.8 Å². The van der Waals surface area contributed by atoms with Crippen LogP contribution in [0.5, 0.6) is 0 Å². The second kappa shape index (κ2) is 6.70. The first-order chi connectivity index (χ1) is 9.54. The van der Waals surface area contributed by atoms with Gasteiger partial charge in [-0.05, 0) is 0 Å². The maximum Gasteiger partial charge on any atom is 0.114 e. The summed E-state index contributed by atoms with van der Waals surface area (Å²) in [6.45, 7) is 11.5. The lowest BCUT2D eigenvalue weighted by molar-refractivity contribution is 0.0657. The first kappa shape index (κ1) is 15.5. The number of methoxy groups -OCH3 is 1. The average molecular weight is 281 g/mol. The molecule has 0 bridgehead atoms. The Kier molecular flexibility index (Phi) is 5.18. The molecule has 0 saturated heterocycles. The molecule has 0 saturated carbocycles. The van der Waals surface area contributed by atoms with Crippen LogP contribution in [0.2, 0.25) is 0 Å². The van der Waals surface area contributed by atoms with Crippen LogP contribution in [0.1, 0.15) is 38.0 Å². The van der Waals surface area contributed by atoms with Crippen molar-refractivity contribution in [3.63, 3.8) is 0 Å². The summed E-state index contributed by atoms with van der Waals surface area (Å²) in [6.07, 6.45) is 1.05. The van der Waals surface area contributed by atoms with E-state index in [9.17, 15) is 0 Å². The molecule has 2 heterocycles. The van der Waals surface area contributed by atoms with Gasteiger partial charge < -0.3 is 19.4 Å². The number of nitrogens with zero attached hydrogens (tertiary/aromatic N) is 2. The summed E-state index contributed by atoms with van der Waals surface area (Å²) < 4.78 is 13.0. The predicted octanol–water partition coefficient (Wildman–Crippen LogP) is 1.49. The topological polar surface area (TPSA) is 48.3 Å². The molecule has 5 heteroatoms. The SMILES string of the molecule is COCCOCCn1c(C(C)(C)C)nc2c1CCNC2. The van der Waals surface area contributed by atoms with E-state index in [0.717, 1.165) is 26.1 Å². The number of aromatic nitrogens is 2. The van der Waals surface area contributed by atoms with Crippen molar-refractivity contribution in [3.8, 4) is 0 Å². The minimum atomic E-state index is 0.0594. The number of nitrogens with one attached hydrogen (secondary N) is 1. The van der Waals surface area contributed by atoms with Crippen LogP contribution in [0.15, 0.2) is 0 Å². The fourth-order valence-electron chi connectivity index (χ4n) is 2.58. The van der Waals surface area contributed by atoms with Crippen LogP contribution in [0.3, 0.4) is 0 Å². The number of imidazole rings is 1. The van der Waals surface area contributed by atoms with Crippen molar-refractivity contribution in [3.05, 3.63) is 17.2 Å². The summed E-state index contributed by atoms with van der Waals surface area (Å²) in [7, 11) is 1.69. The van der Waals surface area contributed by atoms with Gasteiger partial charge >= 0.3 is 0 Å². The molecule has 1 aromatic rings. The molecule has 20 heavy (non-hydrogen) atoms. The summed E-state index contributed by atoms with van der Waals surface area (Å²) in [4.78, 5) is 4.86. The molecule has 1 aromatic heterocycles. The van der Waals surface area contributed by atoms with Gasteiger partial charge in [-0.3, -0.25) is 0 Å². The van der Waals surface area contributed by atoms with E-state index in [1.165, 1.54) is 17.2 Å². The summed E-state index contributed by atoms with van der Waals surface area (Å²) >= 11 is 0. The molecular weight excluding hydrogens is 254 g/mol. The highest BCUT2D eigenvalue weighted by Crippen LogP contribution is 2.26. The third-order valence-electron chi connectivity index (χ3n) is 3.55. The van der Waals surface area contributed by atoms with Crippen LogP contribution < -0.4 is 5.32 Å². The van der Waals surface area contributed by atoms with E-state index in [1.807, 2.05) is 0 Å². The van der Waals surface area contributed by atoms with Crippen LogP contribution >= 0.6 is 0 Å². The van der Waals surface area contributed by atoms with Gasteiger partial charge in [-0.2, -0.15) is 0 Å². The number of rotatable bonds is 6. The van der Waals surface area contributed by atoms with Gasteiger partial charge in [0, 0.05) is 44.3 Å². The van der Waals surface area contributed by atoms with Crippen LogP contribution in [-0.2, 0) is 34.4 Å². The molecule has 2 rings (SSSR count). The molecule has 114 valence electrons. The largest absolute Gasteiger partial charge is 0.382 e. The van der Waals surface area contributed by atoms with Gasteiger partial charge in [0.25, 0.3) is 0 Å². The van der Waals surface area contributed by atoms with Crippen LogP contribution in [0.4, 0.5) is 0 Å². The van der Waals surface area contributed by atoms with E-state index in [4.69, 9.17) is 14.5 Å². The lowest BCUT2D eigenvalue weighted by Crippen LogP contribution is -2.26. The van der Waals surface area contributed by atoms with E-state index in [2.05, 4.69) is 30.7 Å². The third kappa shape index (κ3) is 3.59. The Morgan fingerprint density at radius 3 is 2.75 bits per heavy atom. The summed E-state index contributed by atoms with van der Waals surface area (Å²) in [5.74, 6) is 1.17. The van der Waals surface area contributed by atoms with Crippen molar-refractivity contribution in [2.45, 2.75) is 45.7 Å². The zero-order valence-electron chi connectivity index (χ0n) is 13.2. The van der Waals surface area contributed by atoms with E-state index < -0.39 is 0 Å². The molecule has 0 atom stereocenters. The van der Waals surface area contributed by atoms with Crippen LogP contribution in [0.25, 0.3) is 0 Å². The molecule has 0 aliphatic carbocycles. The van der Waals surface area contributed by atoms with E-state index in [0.29, 0.717) is 19.8 Å². The smallest absolute Gasteiger partial charge is 0.114 e. The van der Waals surface area contributed by atoms with E-state index in [-0.39, 0.29) is 5.41 Å². The number of hydrogen-bond donors (Lipinski definition) is 1. The van der Waals surface area contributed by atoms with Gasteiger partial charge in [-0.25, -0.2) is 4.98 Å². The Labute approximate surface area is 121 Å². The van der Waals surface area contributed by atoms with Crippen LogP contribution in [-0.4, -0.2) is 43.0 Å². The molecule has 1 aliphatic rings. The monoisotopic (exact) mass is 281 g/mol. The van der Waals surface area contributed by atoms with Crippen molar-refractivity contribution in [2.24, 2.45) is 0 Å². The molecule has 0 amide bonds. The van der Waals surface area contributed by atoms with Gasteiger partial charge in [0.15, 0.2) is 0 Å². The Hall–Kier alpha value is -0.910. The molecule has 0 aromatic carbocycles. The zero-order valence-corrected chi connectivity index (χ0v) is 13.2. The Morgan fingerprint density at radius 2 is 2.05 bits per heavy atom. The highest BCUT2D eigenvalue weighted by molar-refractivity contribution is 5.23. The molecule has 0 fully saturated rings. The van der Waals surface area contributed by atoms with Crippen LogP contribution in [0, 0.1) is 0 Å². The third-order valence-corrected chi connectivity index (χ3v) is 3.55. The maximum atomic E-state index is 5.62. The van der Waals surface area contributed by atoms with E-state index >= 15 is 0 Å². The molecule has 1 aliphatic heterocycles. The minimum Gasteiger partial charge on any atom is -0.382 e. The predicted molar refractivity (Wildman–Crippen MR) is 79.0 cm³/mol. The van der Waals surface area contributed by atoms with Gasteiger partial charge in [0.1, 0.15) is 5.82 Å². The minimum absolute atomic E-state index is 0.0594. The lowest BCUT2D eigenvalue weighted by Gasteiger charge is -2.22. The van der Waals surface area contributed by atoms with Crippen molar-refractivity contribution >= 4 is 0 Å². The summed E-state index contributed by atoms with van der Waals surface area (Å²) in [6, 6.07) is 0. The molecule has 0 spiro atoms. The summed E-state index contributed by atoms with van der Waals surface area (Å²) in [5, 5.41) is 3.39. The Bertz CT molecular complexity index is 435. The first-order valence-electron chi connectivity index (χ1n) is 7.40. The average Bonchev–Trinajstić information content (AvgIpc) is 2.78. The molecular formula is C15H27N3O2. The highest BCUT2D eigenvalue weighted by Gasteiger charge is 2.26. The van der Waals surface area contributed by atoms with Crippen molar-refractivity contribution in [1.82, 2.24) is 14.9 Å². The van der Waals surface area contributed by atoms with Crippen molar-refractivity contribution < 1.29 is 9.47 Å².